The van der Waals surface area contributed by atoms with Gasteiger partial charge in [0.2, 0.25) is 0 Å². The van der Waals surface area contributed by atoms with Gasteiger partial charge in [0.15, 0.2) is 0 Å². The van der Waals surface area contributed by atoms with Crippen LogP contribution < -0.4 is 22.9 Å². The van der Waals surface area contributed by atoms with Crippen molar-refractivity contribution >= 4 is 17.0 Å². The molecule has 0 aliphatic rings. The summed E-state index contributed by atoms with van der Waals surface area (Å²) in [4.78, 5) is 0. The second-order valence-corrected chi connectivity index (χ2v) is 1.98. The molecule has 0 unspecified atom stereocenters. The minimum Gasteiger partial charge on any atom is -0.330 e. The maximum absolute atomic E-state index is 5.40. The molecule has 0 rings (SSSR count). The maximum Gasteiger partial charge on any atom is 0.0774 e. The van der Waals surface area contributed by atoms with Crippen LogP contribution in [0.2, 0.25) is 0 Å². The van der Waals surface area contributed by atoms with E-state index < -0.39 is 5.66 Å². The van der Waals surface area contributed by atoms with Gasteiger partial charge in [-0.2, -0.15) is 0 Å². The van der Waals surface area contributed by atoms with Crippen LogP contribution >= 0.6 is 17.0 Å². The molecule has 9 heavy (non-hydrogen) atoms. The fourth-order valence-corrected chi connectivity index (χ4v) is 0.371. The molecule has 4 nitrogen and oxygen atoms in total. The van der Waals surface area contributed by atoms with Gasteiger partial charge in [-0.05, 0) is 13.0 Å². The maximum atomic E-state index is 5.40. The van der Waals surface area contributed by atoms with Crippen LogP contribution in [0.25, 0.3) is 0 Å². The Morgan fingerprint density at radius 2 is 1.56 bits per heavy atom. The van der Waals surface area contributed by atoms with Crippen molar-refractivity contribution in [2.24, 2.45) is 22.9 Å². The summed E-state index contributed by atoms with van der Waals surface area (Å²) in [6.07, 6.45) is 0.573. The van der Waals surface area contributed by atoms with E-state index >= 15 is 0 Å². The lowest BCUT2D eigenvalue weighted by atomic mass is 10.1. The molecular weight excluding hydrogens is 184 g/mol. The van der Waals surface area contributed by atoms with Crippen molar-refractivity contribution in [3.05, 3.63) is 0 Å². The van der Waals surface area contributed by atoms with E-state index in [1.165, 1.54) is 0 Å². The Bertz CT molecular complexity index is 65.6. The zero-order valence-electron chi connectivity index (χ0n) is 5.34. The normalized spacial score (nSPS) is 10.7. The second kappa shape index (κ2) is 5.13. The van der Waals surface area contributed by atoms with E-state index in [1.807, 2.05) is 0 Å². The summed E-state index contributed by atoms with van der Waals surface area (Å²) in [6.45, 7) is 0.772. The van der Waals surface area contributed by atoms with Gasteiger partial charge in [-0.15, -0.1) is 17.0 Å². The summed E-state index contributed by atoms with van der Waals surface area (Å²) >= 11 is 0. The molecule has 58 valence electrons. The molecule has 0 aliphatic carbocycles. The minimum absolute atomic E-state index is 0. The second-order valence-electron chi connectivity index (χ2n) is 1.98. The highest BCUT2D eigenvalue weighted by Crippen LogP contribution is 1.90. The van der Waals surface area contributed by atoms with Gasteiger partial charge in [0.25, 0.3) is 0 Å². The summed E-state index contributed by atoms with van der Waals surface area (Å²) in [5.41, 5.74) is 20.4. The first-order valence-electron chi connectivity index (χ1n) is 2.60. The summed E-state index contributed by atoms with van der Waals surface area (Å²) in [5, 5.41) is 0. The molecule has 0 bridgehead atoms. The molecule has 0 aliphatic heterocycles. The number of hydrogen-bond donors (Lipinski definition) is 4. The molecule has 8 N–H and O–H groups in total. The highest BCUT2D eigenvalue weighted by Gasteiger charge is 2.13. The molecule has 0 atom stereocenters. The summed E-state index contributed by atoms with van der Waals surface area (Å²) in [7, 11) is 0. The molecule has 0 amide bonds. The molecule has 0 spiro atoms. The zero-order valence-corrected chi connectivity index (χ0v) is 7.05. The quantitative estimate of drug-likeness (QED) is 0.414. The van der Waals surface area contributed by atoms with E-state index in [-0.39, 0.29) is 23.5 Å². The Kier molecular flexibility index (Phi) is 6.87. The first kappa shape index (κ1) is 12.0. The topological polar surface area (TPSA) is 104 Å². The standard InChI is InChI=1S/C4H14N4.BrH/c5-2-1-4(7,8)3-6;/h1-3,5-8H2;1H. The number of nitrogens with two attached hydrogens (primary N) is 4. The van der Waals surface area contributed by atoms with Crippen LogP contribution in [0.4, 0.5) is 0 Å². The van der Waals surface area contributed by atoms with E-state index in [4.69, 9.17) is 22.9 Å². The van der Waals surface area contributed by atoms with Crippen molar-refractivity contribution in [1.82, 2.24) is 0 Å². The third-order valence-corrected chi connectivity index (χ3v) is 0.990. The zero-order chi connectivity index (χ0) is 6.62. The van der Waals surface area contributed by atoms with Crippen molar-refractivity contribution < 1.29 is 0 Å². The Labute approximate surface area is 65.7 Å². The van der Waals surface area contributed by atoms with Crippen molar-refractivity contribution in [3.63, 3.8) is 0 Å². The lowest BCUT2D eigenvalue weighted by Gasteiger charge is -2.20. The third-order valence-electron chi connectivity index (χ3n) is 0.990. The first-order valence-corrected chi connectivity index (χ1v) is 2.60. The Hall–Kier alpha value is 0.320. The third kappa shape index (κ3) is 6.20. The van der Waals surface area contributed by atoms with Crippen molar-refractivity contribution in [1.29, 1.82) is 0 Å². The van der Waals surface area contributed by atoms with Crippen LogP contribution in [-0.2, 0) is 0 Å². The minimum atomic E-state index is -0.755. The fraction of sp³-hybridized carbons (Fsp3) is 1.00. The summed E-state index contributed by atoms with van der Waals surface area (Å²) in [5.74, 6) is 0. The predicted octanol–water partition coefficient (Wildman–Crippen LogP) is -1.51. The van der Waals surface area contributed by atoms with Gasteiger partial charge in [-0.1, -0.05) is 0 Å². The average Bonchev–Trinajstić information content (AvgIpc) is 1.67. The smallest absolute Gasteiger partial charge is 0.0774 e. The molecule has 0 saturated carbocycles. The Morgan fingerprint density at radius 1 is 1.11 bits per heavy atom. The average molecular weight is 199 g/mol. The van der Waals surface area contributed by atoms with Crippen molar-refractivity contribution in [3.8, 4) is 0 Å². The molecule has 5 heteroatoms. The summed E-state index contributed by atoms with van der Waals surface area (Å²) < 4.78 is 0. The lowest BCUT2D eigenvalue weighted by molar-refractivity contribution is 0.425. The largest absolute Gasteiger partial charge is 0.330 e. The van der Waals surface area contributed by atoms with Gasteiger partial charge in [-0.3, -0.25) is 0 Å². The van der Waals surface area contributed by atoms with E-state index in [1.54, 1.807) is 0 Å². The van der Waals surface area contributed by atoms with Crippen molar-refractivity contribution in [2.45, 2.75) is 12.1 Å². The molecular formula is C4H15BrN4. The fourth-order valence-electron chi connectivity index (χ4n) is 0.371. The molecule has 0 fully saturated rings. The summed E-state index contributed by atoms with van der Waals surface area (Å²) in [6, 6.07) is 0. The number of hydrogen-bond acceptors (Lipinski definition) is 4. The van der Waals surface area contributed by atoms with Crippen LogP contribution in [0.3, 0.4) is 0 Å². The van der Waals surface area contributed by atoms with Gasteiger partial charge in [0, 0.05) is 6.54 Å². The van der Waals surface area contributed by atoms with E-state index in [0.29, 0.717) is 13.0 Å². The van der Waals surface area contributed by atoms with Crippen LogP contribution in [0.1, 0.15) is 6.42 Å². The van der Waals surface area contributed by atoms with Gasteiger partial charge in [0.05, 0.1) is 5.66 Å². The highest BCUT2D eigenvalue weighted by atomic mass is 79.9. The lowest BCUT2D eigenvalue weighted by Crippen LogP contribution is -2.56. The Morgan fingerprint density at radius 3 is 1.67 bits per heavy atom. The van der Waals surface area contributed by atoms with Gasteiger partial charge in [0.1, 0.15) is 0 Å². The Balaban J connectivity index is 0. The van der Waals surface area contributed by atoms with Gasteiger partial charge in [-0.25, -0.2) is 0 Å². The number of halogens is 1. The molecule has 0 aromatic carbocycles. The highest BCUT2D eigenvalue weighted by molar-refractivity contribution is 8.93. The van der Waals surface area contributed by atoms with E-state index in [9.17, 15) is 0 Å². The SMILES string of the molecule is Br.NCCC(N)(N)CN. The van der Waals surface area contributed by atoms with Gasteiger partial charge >= 0.3 is 0 Å². The molecule has 0 heterocycles. The van der Waals surface area contributed by atoms with Gasteiger partial charge < -0.3 is 22.9 Å². The van der Waals surface area contributed by atoms with Crippen LogP contribution in [0, 0.1) is 0 Å². The predicted molar refractivity (Wildman–Crippen MR) is 44.2 cm³/mol. The first-order chi connectivity index (χ1) is 3.62. The van der Waals surface area contributed by atoms with Crippen LogP contribution in [0.5, 0.6) is 0 Å². The van der Waals surface area contributed by atoms with E-state index in [2.05, 4.69) is 0 Å². The van der Waals surface area contributed by atoms with E-state index in [0.717, 1.165) is 0 Å². The number of rotatable bonds is 3. The monoisotopic (exact) mass is 198 g/mol. The molecule has 0 aromatic heterocycles. The molecule has 0 radical (unpaired) electrons. The van der Waals surface area contributed by atoms with Crippen LogP contribution in [-0.4, -0.2) is 18.8 Å². The van der Waals surface area contributed by atoms with Crippen LogP contribution in [0.15, 0.2) is 0 Å². The molecule has 0 aromatic rings. The van der Waals surface area contributed by atoms with Crippen molar-refractivity contribution in [2.75, 3.05) is 13.1 Å². The molecule has 0 saturated heterocycles.